The molecule has 27 heavy (non-hydrogen) atoms. The normalized spacial score (nSPS) is 13.9. The third-order valence-electron chi connectivity index (χ3n) is 3.96. The molecule has 0 amide bonds. The smallest absolute Gasteiger partial charge is 0.156 e. The van der Waals surface area contributed by atoms with Gasteiger partial charge in [0.15, 0.2) is 5.75 Å². The Hall–Kier alpha value is -0.810. The molecule has 0 aliphatic heterocycles. The lowest BCUT2D eigenvalue weighted by molar-refractivity contribution is 0.134. The second kappa shape index (κ2) is 12.6. The fraction of sp³-hybridized carbons (Fsp3) is 0.526. The molecule has 0 bridgehead atoms. The van der Waals surface area contributed by atoms with Crippen LogP contribution in [0, 0.1) is 0 Å². The summed E-state index contributed by atoms with van der Waals surface area (Å²) in [5, 5.41) is 4.99. The number of oxime groups is 1. The lowest BCUT2D eigenvalue weighted by Crippen LogP contribution is -2.06. The Labute approximate surface area is 180 Å². The number of unbranched alkanes of at least 4 members (excludes halogenated alkanes) is 1. The predicted molar refractivity (Wildman–Crippen MR) is 113 cm³/mol. The molecule has 0 aromatic heterocycles. The molecule has 1 aromatic rings. The van der Waals surface area contributed by atoms with Gasteiger partial charge >= 0.3 is 0 Å². The van der Waals surface area contributed by atoms with Crippen LogP contribution in [-0.4, -0.2) is 25.5 Å². The average molecular weight is 455 g/mol. The minimum Gasteiger partial charge on any atom is -0.490 e. The molecule has 0 unspecified atom stereocenters. The summed E-state index contributed by atoms with van der Waals surface area (Å²) < 4.78 is 11.3. The van der Waals surface area contributed by atoms with Gasteiger partial charge in [0.2, 0.25) is 0 Å². The first-order valence-electron chi connectivity index (χ1n) is 9.00. The molecule has 0 radical (unpaired) electrons. The lowest BCUT2D eigenvalue weighted by atomic mass is 9.99. The van der Waals surface area contributed by atoms with Gasteiger partial charge in [0, 0.05) is 12.1 Å². The first kappa shape index (κ1) is 22.5. The Bertz CT molecular complexity index is 629. The van der Waals surface area contributed by atoms with Crippen LogP contribution in [0.3, 0.4) is 0 Å². The van der Waals surface area contributed by atoms with Crippen molar-refractivity contribution in [3.8, 4) is 11.5 Å². The Morgan fingerprint density at radius 2 is 1.63 bits per heavy atom. The van der Waals surface area contributed by atoms with Crippen molar-refractivity contribution in [1.82, 2.24) is 0 Å². The van der Waals surface area contributed by atoms with Gasteiger partial charge in [-0.3, -0.25) is 0 Å². The van der Waals surface area contributed by atoms with Gasteiger partial charge in [0.1, 0.15) is 23.5 Å². The van der Waals surface area contributed by atoms with E-state index >= 15 is 0 Å². The molecule has 8 heteroatoms. The van der Waals surface area contributed by atoms with Crippen LogP contribution >= 0.6 is 46.4 Å². The molecule has 0 spiro atoms. The predicted octanol–water partition coefficient (Wildman–Crippen LogP) is 7.19. The molecule has 1 aromatic carbocycles. The Balaban J connectivity index is 1.68. The van der Waals surface area contributed by atoms with E-state index in [0.29, 0.717) is 34.8 Å². The third-order valence-corrected chi connectivity index (χ3v) is 4.83. The van der Waals surface area contributed by atoms with Crippen molar-refractivity contribution in [3.05, 3.63) is 32.7 Å². The maximum Gasteiger partial charge on any atom is 0.156 e. The quantitative estimate of drug-likeness (QED) is 0.277. The molecule has 150 valence electrons. The molecule has 0 heterocycles. The number of ether oxygens (including phenoxy) is 2. The van der Waals surface area contributed by atoms with Crippen LogP contribution in [0.1, 0.15) is 44.9 Å². The zero-order chi connectivity index (χ0) is 19.5. The fourth-order valence-corrected chi connectivity index (χ4v) is 3.29. The van der Waals surface area contributed by atoms with Gasteiger partial charge in [0.25, 0.3) is 0 Å². The zero-order valence-electron chi connectivity index (χ0n) is 15.0. The van der Waals surface area contributed by atoms with Gasteiger partial charge in [-0.25, -0.2) is 0 Å². The van der Waals surface area contributed by atoms with Crippen molar-refractivity contribution in [2.45, 2.75) is 44.9 Å². The Morgan fingerprint density at radius 1 is 0.963 bits per heavy atom. The van der Waals surface area contributed by atoms with Crippen LogP contribution in [0.2, 0.25) is 10.0 Å². The first-order chi connectivity index (χ1) is 13.1. The van der Waals surface area contributed by atoms with E-state index in [1.54, 1.807) is 12.1 Å². The monoisotopic (exact) mass is 453 g/mol. The minimum absolute atomic E-state index is 0.140. The van der Waals surface area contributed by atoms with Crippen molar-refractivity contribution in [3.63, 3.8) is 0 Å². The summed E-state index contributed by atoms with van der Waals surface area (Å²) >= 11 is 23.5. The number of rotatable bonds is 10. The molecule has 0 saturated heterocycles. The maximum atomic E-state index is 6.23. The highest BCUT2D eigenvalue weighted by molar-refractivity contribution is 6.55. The maximum absolute atomic E-state index is 6.23. The molecular weight excluding hydrogens is 432 g/mol. The number of nitrogens with zero attached hydrogens (tertiary/aromatic N) is 1. The SMILES string of the molecule is ClC(Cl)=CCOc1cc(Cl)c(OCCCCON=C2CCCCC2)c(Cl)c1. The number of benzene rings is 1. The molecule has 0 atom stereocenters. The summed E-state index contributed by atoms with van der Waals surface area (Å²) in [5.41, 5.74) is 1.18. The van der Waals surface area contributed by atoms with Crippen LogP contribution in [0.15, 0.2) is 27.9 Å². The molecule has 1 fully saturated rings. The largest absolute Gasteiger partial charge is 0.490 e. The molecule has 2 rings (SSSR count). The van der Waals surface area contributed by atoms with Gasteiger partial charge in [0.05, 0.1) is 22.4 Å². The lowest BCUT2D eigenvalue weighted by Gasteiger charge is -2.12. The van der Waals surface area contributed by atoms with Crippen LogP contribution in [0.4, 0.5) is 0 Å². The summed E-state index contributed by atoms with van der Waals surface area (Å²) in [6, 6.07) is 3.28. The van der Waals surface area contributed by atoms with Gasteiger partial charge in [-0.1, -0.05) is 58.0 Å². The first-order valence-corrected chi connectivity index (χ1v) is 10.5. The zero-order valence-corrected chi connectivity index (χ0v) is 18.0. The molecule has 1 saturated carbocycles. The summed E-state index contributed by atoms with van der Waals surface area (Å²) in [6.45, 7) is 1.29. The molecule has 0 N–H and O–H groups in total. The van der Waals surface area contributed by atoms with Crippen molar-refractivity contribution < 1.29 is 14.3 Å². The second-order valence-corrected chi connectivity index (χ2v) is 7.95. The van der Waals surface area contributed by atoms with Gasteiger partial charge in [-0.15, -0.1) is 0 Å². The Kier molecular flexibility index (Phi) is 10.5. The van der Waals surface area contributed by atoms with Crippen LogP contribution in [-0.2, 0) is 4.84 Å². The molecular formula is C19H23Cl4NO3. The van der Waals surface area contributed by atoms with E-state index < -0.39 is 0 Å². The van der Waals surface area contributed by atoms with E-state index in [1.165, 1.54) is 31.1 Å². The summed E-state index contributed by atoms with van der Waals surface area (Å²) in [7, 11) is 0. The summed E-state index contributed by atoms with van der Waals surface area (Å²) in [4.78, 5) is 5.38. The minimum atomic E-state index is 0.140. The average Bonchev–Trinajstić information content (AvgIpc) is 2.63. The number of hydrogen-bond donors (Lipinski definition) is 0. The van der Waals surface area contributed by atoms with E-state index in [1.807, 2.05) is 0 Å². The standard InChI is InChI=1S/C19H23Cl4NO3/c20-16-12-15(25-11-8-18(22)23)13-17(21)19(16)26-9-4-5-10-27-24-14-6-2-1-3-7-14/h8,12-13H,1-7,9-11H2. The highest BCUT2D eigenvalue weighted by atomic mass is 35.5. The fourth-order valence-electron chi connectivity index (χ4n) is 2.59. The summed E-state index contributed by atoms with van der Waals surface area (Å²) in [6.07, 6.45) is 9.05. The van der Waals surface area contributed by atoms with Crippen molar-refractivity contribution in [1.29, 1.82) is 0 Å². The second-order valence-electron chi connectivity index (χ2n) is 6.13. The molecule has 1 aliphatic rings. The summed E-state index contributed by atoms with van der Waals surface area (Å²) in [5.74, 6) is 0.957. The highest BCUT2D eigenvalue weighted by Crippen LogP contribution is 2.37. The van der Waals surface area contributed by atoms with E-state index in [-0.39, 0.29) is 11.1 Å². The van der Waals surface area contributed by atoms with Crippen LogP contribution in [0.25, 0.3) is 0 Å². The van der Waals surface area contributed by atoms with Crippen LogP contribution < -0.4 is 9.47 Å². The van der Waals surface area contributed by atoms with Crippen LogP contribution in [0.5, 0.6) is 11.5 Å². The number of halogens is 4. The van der Waals surface area contributed by atoms with Crippen molar-refractivity contribution in [2.75, 3.05) is 19.8 Å². The van der Waals surface area contributed by atoms with Gasteiger partial charge in [-0.2, -0.15) is 0 Å². The van der Waals surface area contributed by atoms with Gasteiger partial charge < -0.3 is 14.3 Å². The van der Waals surface area contributed by atoms with E-state index in [0.717, 1.165) is 25.7 Å². The highest BCUT2D eigenvalue weighted by Gasteiger charge is 2.11. The van der Waals surface area contributed by atoms with Crippen molar-refractivity contribution in [2.24, 2.45) is 5.16 Å². The van der Waals surface area contributed by atoms with E-state index in [9.17, 15) is 0 Å². The van der Waals surface area contributed by atoms with Crippen molar-refractivity contribution >= 4 is 52.1 Å². The Morgan fingerprint density at radius 3 is 2.30 bits per heavy atom. The molecule has 1 aliphatic carbocycles. The van der Waals surface area contributed by atoms with E-state index in [2.05, 4.69) is 5.16 Å². The topological polar surface area (TPSA) is 40.0 Å². The molecule has 4 nitrogen and oxygen atoms in total. The number of hydrogen-bond acceptors (Lipinski definition) is 4. The van der Waals surface area contributed by atoms with E-state index in [4.69, 9.17) is 60.7 Å². The third kappa shape index (κ3) is 8.82. The van der Waals surface area contributed by atoms with Gasteiger partial charge in [-0.05, 0) is 44.6 Å².